The summed E-state index contributed by atoms with van der Waals surface area (Å²) in [7, 11) is 0. The summed E-state index contributed by atoms with van der Waals surface area (Å²) in [5, 5.41) is 2.98. The maximum Gasteiger partial charge on any atom is 0.252 e. The first-order valence-corrected chi connectivity index (χ1v) is 9.44. The summed E-state index contributed by atoms with van der Waals surface area (Å²) in [5.74, 6) is 0.747. The fourth-order valence-electron chi connectivity index (χ4n) is 3.11. The van der Waals surface area contributed by atoms with E-state index < -0.39 is 0 Å². The Hall–Kier alpha value is -2.40. The molecule has 2 aromatic rings. The van der Waals surface area contributed by atoms with Crippen LogP contribution >= 0.6 is 0 Å². The molecule has 1 N–H and O–H groups in total. The number of carbonyl (C=O) groups excluding carboxylic acids is 1. The van der Waals surface area contributed by atoms with Gasteiger partial charge in [0, 0.05) is 12.7 Å². The highest BCUT2D eigenvalue weighted by Gasteiger charge is 2.10. The number of para-hydroxylation sites is 1. The molecule has 0 aliphatic carbocycles. The van der Waals surface area contributed by atoms with E-state index in [1.54, 1.807) is 12.3 Å². The SMILES string of the molecule is O=C(NCCCN1CCCCC1)c1ccc(COc2ccccc2)nc1. The van der Waals surface area contributed by atoms with Crippen molar-refractivity contribution in [2.75, 3.05) is 26.2 Å². The number of carbonyl (C=O) groups is 1. The van der Waals surface area contributed by atoms with E-state index in [1.807, 2.05) is 36.4 Å². The quantitative estimate of drug-likeness (QED) is 0.740. The fraction of sp³-hybridized carbons (Fsp3) is 0.429. The average molecular weight is 353 g/mol. The topological polar surface area (TPSA) is 54.5 Å². The minimum atomic E-state index is -0.0633. The van der Waals surface area contributed by atoms with Crippen molar-refractivity contribution in [1.82, 2.24) is 15.2 Å². The number of aromatic nitrogens is 1. The molecule has 1 fully saturated rings. The van der Waals surface area contributed by atoms with Crippen molar-refractivity contribution in [3.63, 3.8) is 0 Å². The van der Waals surface area contributed by atoms with E-state index in [0.29, 0.717) is 18.7 Å². The van der Waals surface area contributed by atoms with Gasteiger partial charge in [-0.25, -0.2) is 0 Å². The molecule has 5 nitrogen and oxygen atoms in total. The predicted molar refractivity (Wildman–Crippen MR) is 102 cm³/mol. The van der Waals surface area contributed by atoms with Crippen molar-refractivity contribution in [2.45, 2.75) is 32.3 Å². The highest BCUT2D eigenvalue weighted by molar-refractivity contribution is 5.93. The zero-order valence-corrected chi connectivity index (χ0v) is 15.2. The molecule has 1 aromatic carbocycles. The third-order valence-electron chi connectivity index (χ3n) is 4.60. The van der Waals surface area contributed by atoms with Crippen molar-refractivity contribution in [3.05, 3.63) is 59.9 Å². The molecule has 0 radical (unpaired) electrons. The average Bonchev–Trinajstić information content (AvgIpc) is 2.71. The summed E-state index contributed by atoms with van der Waals surface area (Å²) < 4.78 is 5.66. The number of pyridine rings is 1. The van der Waals surface area contributed by atoms with Crippen LogP contribution in [0.1, 0.15) is 41.7 Å². The Morgan fingerprint density at radius 2 is 1.88 bits per heavy atom. The Morgan fingerprint density at radius 3 is 2.62 bits per heavy atom. The number of likely N-dealkylation sites (tertiary alicyclic amines) is 1. The normalized spacial score (nSPS) is 14.8. The molecular formula is C21H27N3O2. The number of rotatable bonds is 8. The van der Waals surface area contributed by atoms with Crippen molar-refractivity contribution >= 4 is 5.91 Å². The minimum Gasteiger partial charge on any atom is -0.487 e. The third-order valence-corrected chi connectivity index (χ3v) is 4.60. The van der Waals surface area contributed by atoms with Gasteiger partial charge in [-0.1, -0.05) is 24.6 Å². The molecule has 1 aliphatic heterocycles. The molecule has 0 bridgehead atoms. The number of ether oxygens (including phenoxy) is 1. The second kappa shape index (κ2) is 9.92. The van der Waals surface area contributed by atoms with E-state index in [2.05, 4.69) is 15.2 Å². The smallest absolute Gasteiger partial charge is 0.252 e. The number of amides is 1. The molecule has 0 spiro atoms. The van der Waals surface area contributed by atoms with Gasteiger partial charge in [0.15, 0.2) is 0 Å². The first-order valence-electron chi connectivity index (χ1n) is 9.44. The molecule has 0 saturated carbocycles. The lowest BCUT2D eigenvalue weighted by atomic mass is 10.1. The number of hydrogen-bond donors (Lipinski definition) is 1. The molecule has 1 saturated heterocycles. The van der Waals surface area contributed by atoms with Gasteiger partial charge in [-0.05, 0) is 63.2 Å². The van der Waals surface area contributed by atoms with Crippen LogP contribution in [0.25, 0.3) is 0 Å². The maximum atomic E-state index is 12.2. The molecule has 5 heteroatoms. The summed E-state index contributed by atoms with van der Waals surface area (Å²) in [6.45, 7) is 4.55. The Kier molecular flexibility index (Phi) is 7.02. The summed E-state index contributed by atoms with van der Waals surface area (Å²) in [6.07, 6.45) is 6.56. The van der Waals surface area contributed by atoms with Gasteiger partial charge in [0.2, 0.25) is 0 Å². The van der Waals surface area contributed by atoms with Gasteiger partial charge in [-0.15, -0.1) is 0 Å². The number of benzene rings is 1. The number of piperidine rings is 1. The first kappa shape index (κ1) is 18.4. The largest absolute Gasteiger partial charge is 0.487 e. The molecule has 1 aromatic heterocycles. The van der Waals surface area contributed by atoms with Crippen LogP contribution in [0.2, 0.25) is 0 Å². The number of nitrogens with one attached hydrogen (secondary N) is 1. The third kappa shape index (κ3) is 5.85. The lowest BCUT2D eigenvalue weighted by molar-refractivity contribution is 0.0950. The highest BCUT2D eigenvalue weighted by atomic mass is 16.5. The highest BCUT2D eigenvalue weighted by Crippen LogP contribution is 2.11. The van der Waals surface area contributed by atoms with Crippen LogP contribution in [0.4, 0.5) is 0 Å². The molecule has 2 heterocycles. The molecule has 0 unspecified atom stereocenters. The Morgan fingerprint density at radius 1 is 1.08 bits per heavy atom. The molecule has 26 heavy (non-hydrogen) atoms. The van der Waals surface area contributed by atoms with Gasteiger partial charge in [0.25, 0.3) is 5.91 Å². The van der Waals surface area contributed by atoms with Gasteiger partial charge in [0.05, 0.1) is 11.3 Å². The molecular weight excluding hydrogens is 326 g/mol. The second-order valence-electron chi connectivity index (χ2n) is 6.65. The van der Waals surface area contributed by atoms with E-state index in [0.717, 1.165) is 24.4 Å². The van der Waals surface area contributed by atoms with Gasteiger partial charge in [0.1, 0.15) is 12.4 Å². The summed E-state index contributed by atoms with van der Waals surface area (Å²) in [5.41, 5.74) is 1.39. The van der Waals surface area contributed by atoms with Crippen molar-refractivity contribution < 1.29 is 9.53 Å². The van der Waals surface area contributed by atoms with Crippen LogP contribution in [0.15, 0.2) is 48.7 Å². The fourth-order valence-corrected chi connectivity index (χ4v) is 3.11. The van der Waals surface area contributed by atoms with Crippen molar-refractivity contribution in [3.8, 4) is 5.75 Å². The van der Waals surface area contributed by atoms with E-state index in [1.165, 1.54) is 32.4 Å². The zero-order valence-electron chi connectivity index (χ0n) is 15.2. The Balaban J connectivity index is 1.37. The van der Waals surface area contributed by atoms with Gasteiger partial charge in [-0.2, -0.15) is 0 Å². The molecule has 3 rings (SSSR count). The Labute approximate surface area is 155 Å². The number of nitrogens with zero attached hydrogens (tertiary/aromatic N) is 2. The van der Waals surface area contributed by atoms with Crippen LogP contribution in [0.3, 0.4) is 0 Å². The molecule has 0 atom stereocenters. The van der Waals surface area contributed by atoms with Gasteiger partial charge >= 0.3 is 0 Å². The van der Waals surface area contributed by atoms with E-state index in [4.69, 9.17) is 4.74 Å². The van der Waals surface area contributed by atoms with Crippen LogP contribution in [0.5, 0.6) is 5.75 Å². The van der Waals surface area contributed by atoms with Crippen LogP contribution in [0, 0.1) is 0 Å². The van der Waals surface area contributed by atoms with E-state index in [9.17, 15) is 4.79 Å². The lowest BCUT2D eigenvalue weighted by Gasteiger charge is -2.26. The predicted octanol–water partition coefficient (Wildman–Crippen LogP) is 3.27. The summed E-state index contributed by atoms with van der Waals surface area (Å²) in [4.78, 5) is 19.0. The zero-order chi connectivity index (χ0) is 18.0. The van der Waals surface area contributed by atoms with E-state index in [-0.39, 0.29) is 5.91 Å². The monoisotopic (exact) mass is 353 g/mol. The van der Waals surface area contributed by atoms with Crippen LogP contribution in [-0.4, -0.2) is 42.0 Å². The van der Waals surface area contributed by atoms with Crippen LogP contribution < -0.4 is 10.1 Å². The lowest BCUT2D eigenvalue weighted by Crippen LogP contribution is -2.33. The summed E-state index contributed by atoms with van der Waals surface area (Å²) in [6, 6.07) is 13.3. The molecule has 1 amide bonds. The van der Waals surface area contributed by atoms with E-state index >= 15 is 0 Å². The standard InChI is InChI=1S/C21H27N3O2/c25-21(22-12-7-15-24-13-5-2-6-14-24)18-10-11-19(23-16-18)17-26-20-8-3-1-4-9-20/h1,3-4,8-11,16H,2,5-7,12-15,17H2,(H,22,25). The van der Waals surface area contributed by atoms with Gasteiger partial charge < -0.3 is 15.0 Å². The minimum absolute atomic E-state index is 0.0633. The Bertz CT molecular complexity index is 667. The van der Waals surface area contributed by atoms with Gasteiger partial charge in [-0.3, -0.25) is 9.78 Å². The van der Waals surface area contributed by atoms with Crippen molar-refractivity contribution in [1.29, 1.82) is 0 Å². The van der Waals surface area contributed by atoms with Crippen molar-refractivity contribution in [2.24, 2.45) is 0 Å². The number of hydrogen-bond acceptors (Lipinski definition) is 4. The maximum absolute atomic E-state index is 12.2. The molecule has 1 aliphatic rings. The van der Waals surface area contributed by atoms with Crippen LogP contribution in [-0.2, 0) is 6.61 Å². The molecule has 138 valence electrons. The second-order valence-corrected chi connectivity index (χ2v) is 6.65. The summed E-state index contributed by atoms with van der Waals surface area (Å²) >= 11 is 0. The first-order chi connectivity index (χ1) is 12.8.